The van der Waals surface area contributed by atoms with Crippen LogP contribution in [0.25, 0.3) is 10.9 Å². The third-order valence-corrected chi connectivity index (χ3v) is 3.95. The first kappa shape index (κ1) is 10.2. The number of aromatic amines is 1. The van der Waals surface area contributed by atoms with Crippen LogP contribution in [0.1, 0.15) is 0 Å². The van der Waals surface area contributed by atoms with Gasteiger partial charge in [0.05, 0.1) is 19.9 Å². The fraction of sp³-hybridized carbons (Fsp3) is 0. The number of halogens is 2. The highest BCUT2D eigenvalue weighted by Crippen LogP contribution is 2.32. The van der Waals surface area contributed by atoms with Crippen molar-refractivity contribution in [2.45, 2.75) is 4.90 Å². The van der Waals surface area contributed by atoms with Crippen molar-refractivity contribution in [2.24, 2.45) is 0 Å². The molecule has 1 unspecified atom stereocenters. The van der Waals surface area contributed by atoms with Gasteiger partial charge in [-0.1, -0.05) is 17.7 Å². The quantitative estimate of drug-likeness (QED) is 0.822. The molecule has 1 N–H and O–H groups in total. The summed E-state index contributed by atoms with van der Waals surface area (Å²) >= 11 is 6.90. The number of nitrogens with one attached hydrogen (secondary N) is 1. The Morgan fingerprint density at radius 3 is 2.86 bits per heavy atom. The van der Waals surface area contributed by atoms with Gasteiger partial charge in [-0.25, -0.2) is 0 Å². The van der Waals surface area contributed by atoms with Crippen molar-refractivity contribution in [3.8, 4) is 0 Å². The average Bonchev–Trinajstić information content (AvgIpc) is 2.55. The molecule has 1 heterocycles. The minimum Gasteiger partial charge on any atom is -0.768 e. The summed E-state index contributed by atoms with van der Waals surface area (Å²) in [4.78, 5) is 3.10. The van der Waals surface area contributed by atoms with Crippen LogP contribution < -0.4 is 0 Å². The highest BCUT2D eigenvalue weighted by Gasteiger charge is 2.08. The van der Waals surface area contributed by atoms with Crippen LogP contribution in [-0.2, 0) is 11.1 Å². The third-order valence-electron chi connectivity index (χ3n) is 1.89. The molecule has 0 amide bonds. The molecule has 0 bridgehead atoms. The molecular weight excluding hydrogens is 290 g/mol. The minimum absolute atomic E-state index is 0.248. The Morgan fingerprint density at radius 1 is 1.50 bits per heavy atom. The molecule has 74 valence electrons. The van der Waals surface area contributed by atoms with Gasteiger partial charge in [-0.3, -0.25) is 4.21 Å². The summed E-state index contributed by atoms with van der Waals surface area (Å²) in [5.74, 6) is 0. The van der Waals surface area contributed by atoms with Gasteiger partial charge in [-0.2, -0.15) is 0 Å². The van der Waals surface area contributed by atoms with Crippen molar-refractivity contribution >= 4 is 49.5 Å². The average molecular weight is 294 g/mol. The fourth-order valence-corrected chi connectivity index (χ4v) is 2.37. The first-order valence-corrected chi connectivity index (χ1v) is 5.90. The van der Waals surface area contributed by atoms with Crippen LogP contribution in [0.15, 0.2) is 27.7 Å². The van der Waals surface area contributed by atoms with E-state index >= 15 is 0 Å². The Kier molecular flexibility index (Phi) is 2.66. The minimum atomic E-state index is -2.23. The maximum atomic E-state index is 10.8. The third kappa shape index (κ3) is 1.50. The van der Waals surface area contributed by atoms with Crippen molar-refractivity contribution < 1.29 is 8.76 Å². The zero-order chi connectivity index (χ0) is 10.3. The largest absolute Gasteiger partial charge is 0.768 e. The molecule has 1 aromatic heterocycles. The van der Waals surface area contributed by atoms with E-state index in [-0.39, 0.29) is 4.90 Å². The van der Waals surface area contributed by atoms with E-state index in [2.05, 4.69) is 20.9 Å². The lowest BCUT2D eigenvalue weighted by atomic mass is 10.2. The van der Waals surface area contributed by atoms with E-state index in [1.165, 1.54) is 6.20 Å². The van der Waals surface area contributed by atoms with Crippen molar-refractivity contribution in [3.05, 3.63) is 27.8 Å². The van der Waals surface area contributed by atoms with Crippen molar-refractivity contribution in [1.82, 2.24) is 4.98 Å². The Labute approximate surface area is 95.9 Å². The molecule has 14 heavy (non-hydrogen) atoms. The number of hydrogen-bond donors (Lipinski definition) is 1. The maximum Gasteiger partial charge on any atom is 0.0625 e. The molecule has 0 spiro atoms. The normalized spacial score (nSPS) is 13.4. The van der Waals surface area contributed by atoms with Crippen LogP contribution in [0.3, 0.4) is 0 Å². The molecule has 0 saturated carbocycles. The Balaban J connectivity index is 2.83. The summed E-state index contributed by atoms with van der Waals surface area (Å²) in [5.41, 5.74) is 0.691. The SMILES string of the molecule is O=S([O-])c1c[nH]c2c(Br)c(Cl)ccc12. The highest BCUT2D eigenvalue weighted by atomic mass is 79.9. The molecule has 2 rings (SSSR count). The van der Waals surface area contributed by atoms with Crippen molar-refractivity contribution in [2.75, 3.05) is 0 Å². The van der Waals surface area contributed by atoms with Gasteiger partial charge in [0.2, 0.25) is 0 Å². The van der Waals surface area contributed by atoms with Crippen LogP contribution in [-0.4, -0.2) is 13.7 Å². The van der Waals surface area contributed by atoms with Gasteiger partial charge in [-0.05, 0) is 33.1 Å². The first-order valence-electron chi connectivity index (χ1n) is 3.65. The van der Waals surface area contributed by atoms with Crippen LogP contribution in [0.2, 0.25) is 5.02 Å². The fourth-order valence-electron chi connectivity index (χ4n) is 1.25. The summed E-state index contributed by atoms with van der Waals surface area (Å²) in [6, 6.07) is 3.32. The molecule has 3 nitrogen and oxygen atoms in total. The molecule has 1 aromatic carbocycles. The van der Waals surface area contributed by atoms with Gasteiger partial charge >= 0.3 is 0 Å². The lowest BCUT2D eigenvalue weighted by molar-refractivity contribution is 0.538. The van der Waals surface area contributed by atoms with Gasteiger partial charge in [0.1, 0.15) is 0 Å². The zero-order valence-corrected chi connectivity index (χ0v) is 9.87. The van der Waals surface area contributed by atoms with Crippen LogP contribution in [0.5, 0.6) is 0 Å². The number of benzene rings is 1. The summed E-state index contributed by atoms with van der Waals surface area (Å²) < 4.78 is 22.3. The second-order valence-corrected chi connectivity index (χ2v) is 4.78. The van der Waals surface area contributed by atoms with Gasteiger partial charge in [-0.15, -0.1) is 0 Å². The topological polar surface area (TPSA) is 55.9 Å². The van der Waals surface area contributed by atoms with Gasteiger partial charge in [0.15, 0.2) is 0 Å². The number of H-pyrrole nitrogens is 1. The highest BCUT2D eigenvalue weighted by molar-refractivity contribution is 9.10. The predicted molar refractivity (Wildman–Crippen MR) is 58.2 cm³/mol. The smallest absolute Gasteiger partial charge is 0.0625 e. The molecule has 0 saturated heterocycles. The second kappa shape index (κ2) is 3.66. The Bertz CT molecular complexity index is 525. The molecule has 0 radical (unpaired) electrons. The Morgan fingerprint density at radius 2 is 2.21 bits per heavy atom. The molecule has 0 aliphatic heterocycles. The summed E-state index contributed by atoms with van der Waals surface area (Å²) in [6.45, 7) is 0. The maximum absolute atomic E-state index is 10.8. The molecule has 0 fully saturated rings. The molecule has 0 aliphatic rings. The summed E-state index contributed by atoms with van der Waals surface area (Å²) in [7, 11) is 0. The second-order valence-electron chi connectivity index (χ2n) is 2.67. The number of hydrogen-bond acceptors (Lipinski definition) is 2. The van der Waals surface area contributed by atoms with E-state index in [0.29, 0.717) is 20.4 Å². The van der Waals surface area contributed by atoms with E-state index in [1.54, 1.807) is 12.1 Å². The van der Waals surface area contributed by atoms with E-state index in [1.807, 2.05) is 0 Å². The Hall–Kier alpha value is -0.360. The van der Waals surface area contributed by atoms with Gasteiger partial charge < -0.3 is 9.54 Å². The number of rotatable bonds is 1. The monoisotopic (exact) mass is 292 g/mol. The molecule has 6 heteroatoms. The van der Waals surface area contributed by atoms with E-state index in [9.17, 15) is 8.76 Å². The van der Waals surface area contributed by atoms with E-state index in [4.69, 9.17) is 11.6 Å². The lowest BCUT2D eigenvalue weighted by Crippen LogP contribution is -1.85. The van der Waals surface area contributed by atoms with E-state index in [0.717, 1.165) is 0 Å². The van der Waals surface area contributed by atoms with Crippen molar-refractivity contribution in [1.29, 1.82) is 0 Å². The van der Waals surface area contributed by atoms with Crippen molar-refractivity contribution in [3.63, 3.8) is 0 Å². The first-order chi connectivity index (χ1) is 6.61. The van der Waals surface area contributed by atoms with Crippen LogP contribution in [0.4, 0.5) is 0 Å². The standard InChI is InChI=1S/C8H5BrClNO2S/c9-7-5(10)2-1-4-6(14(12)13)3-11-8(4)7/h1-3,11H,(H,12,13)/p-1. The number of fused-ring (bicyclic) bond motifs is 1. The zero-order valence-electron chi connectivity index (χ0n) is 6.71. The predicted octanol–water partition coefficient (Wildman–Crippen LogP) is 2.82. The molecule has 0 aliphatic carbocycles. The number of aromatic nitrogens is 1. The van der Waals surface area contributed by atoms with Crippen LogP contribution >= 0.6 is 27.5 Å². The van der Waals surface area contributed by atoms with Gasteiger partial charge in [0, 0.05) is 11.6 Å². The summed E-state index contributed by atoms with van der Waals surface area (Å²) in [5, 5.41) is 1.18. The molecular formula is C8H4BrClNO2S-. The molecule has 1 atom stereocenters. The summed E-state index contributed by atoms with van der Waals surface area (Å²) in [6.07, 6.45) is 1.44. The van der Waals surface area contributed by atoms with E-state index < -0.39 is 11.1 Å². The lowest BCUT2D eigenvalue weighted by Gasteiger charge is -2.02. The van der Waals surface area contributed by atoms with Crippen LogP contribution in [0, 0.1) is 0 Å². The molecule has 2 aromatic rings. The van der Waals surface area contributed by atoms with Gasteiger partial charge in [0.25, 0.3) is 0 Å².